The zero-order valence-electron chi connectivity index (χ0n) is 10.1. The van der Waals surface area contributed by atoms with E-state index in [-0.39, 0.29) is 12.4 Å². The minimum Gasteiger partial charge on any atom is -0.460 e. The summed E-state index contributed by atoms with van der Waals surface area (Å²) in [6.07, 6.45) is -0.828. The molecule has 8 heteroatoms. The summed E-state index contributed by atoms with van der Waals surface area (Å²) in [5, 5.41) is 10.0. The molecule has 1 heterocycles. The molecule has 1 aromatic rings. The lowest BCUT2D eigenvalue weighted by atomic mass is 10.2. The van der Waals surface area contributed by atoms with Gasteiger partial charge < -0.3 is 9.47 Å². The fraction of sp³-hybridized carbons (Fsp3) is 0.667. The fourth-order valence-electron chi connectivity index (χ4n) is 0.938. The van der Waals surface area contributed by atoms with Crippen LogP contribution >= 0.6 is 0 Å². The number of carbonyl (C=O) groups is 2. The highest BCUT2D eigenvalue weighted by atomic mass is 16.6. The Hall–Kier alpha value is -1.99. The molecule has 0 spiro atoms. The average Bonchev–Trinajstić information content (AvgIpc) is 2.63. The van der Waals surface area contributed by atoms with Crippen molar-refractivity contribution in [3.8, 4) is 0 Å². The van der Waals surface area contributed by atoms with Crippen molar-refractivity contribution in [2.75, 3.05) is 6.61 Å². The maximum atomic E-state index is 11.6. The van der Waals surface area contributed by atoms with Gasteiger partial charge in [-0.15, -0.1) is 9.78 Å². The molecule has 94 valence electrons. The Labute approximate surface area is 97.9 Å². The highest BCUT2D eigenvalue weighted by molar-refractivity contribution is 5.89. The normalized spacial score (nSPS) is 11.1. The van der Waals surface area contributed by atoms with Crippen molar-refractivity contribution in [2.24, 2.45) is 0 Å². The summed E-state index contributed by atoms with van der Waals surface area (Å²) in [4.78, 5) is 23.0. The molecule has 8 nitrogen and oxygen atoms in total. The number of rotatable bonds is 2. The Kier molecular flexibility index (Phi) is 3.77. The third-order valence-corrected chi connectivity index (χ3v) is 1.49. The molecule has 0 N–H and O–H groups in total. The molecule has 0 saturated heterocycles. The van der Waals surface area contributed by atoms with E-state index in [0.29, 0.717) is 4.68 Å². The molecule has 0 bridgehead atoms. The standard InChI is InChI=1S/C9H14N4O4/c1-5-16-7(14)6-10-11-12-13(6)8(15)17-9(2,3)4/h5H2,1-4H3. The Morgan fingerprint density at radius 3 is 2.53 bits per heavy atom. The summed E-state index contributed by atoms with van der Waals surface area (Å²) in [5.41, 5.74) is -0.699. The van der Waals surface area contributed by atoms with Gasteiger partial charge in [-0.05, 0) is 38.1 Å². The van der Waals surface area contributed by atoms with Crippen LogP contribution in [0.2, 0.25) is 0 Å². The molecule has 0 atom stereocenters. The molecule has 0 aromatic carbocycles. The number of aromatic nitrogens is 4. The van der Waals surface area contributed by atoms with E-state index in [0.717, 1.165) is 0 Å². The summed E-state index contributed by atoms with van der Waals surface area (Å²) in [6, 6.07) is 0. The first-order valence-corrected chi connectivity index (χ1v) is 5.04. The largest absolute Gasteiger partial charge is 0.460 e. The molecule has 0 fully saturated rings. The van der Waals surface area contributed by atoms with Crippen molar-refractivity contribution >= 4 is 12.1 Å². The van der Waals surface area contributed by atoms with Gasteiger partial charge in [-0.2, -0.15) is 0 Å². The van der Waals surface area contributed by atoms with E-state index in [9.17, 15) is 9.59 Å². The van der Waals surface area contributed by atoms with Gasteiger partial charge in [-0.3, -0.25) is 0 Å². The third-order valence-electron chi connectivity index (χ3n) is 1.49. The second-order valence-electron chi connectivity index (χ2n) is 4.12. The lowest BCUT2D eigenvalue weighted by molar-refractivity contribution is 0.0427. The summed E-state index contributed by atoms with van der Waals surface area (Å²) in [7, 11) is 0. The second kappa shape index (κ2) is 4.89. The van der Waals surface area contributed by atoms with Gasteiger partial charge in [0.25, 0.3) is 5.82 Å². The van der Waals surface area contributed by atoms with Crippen LogP contribution in [0.4, 0.5) is 4.79 Å². The first-order valence-electron chi connectivity index (χ1n) is 5.04. The molecular formula is C9H14N4O4. The van der Waals surface area contributed by atoms with Crippen LogP contribution in [-0.4, -0.2) is 44.5 Å². The predicted octanol–water partition coefficient (Wildman–Crippen LogP) is 0.633. The van der Waals surface area contributed by atoms with E-state index in [2.05, 4.69) is 15.5 Å². The molecular weight excluding hydrogens is 228 g/mol. The maximum absolute atomic E-state index is 11.6. The van der Waals surface area contributed by atoms with Crippen molar-refractivity contribution in [3.05, 3.63) is 5.82 Å². The Morgan fingerprint density at radius 1 is 1.35 bits per heavy atom. The van der Waals surface area contributed by atoms with Crippen LogP contribution in [0, 0.1) is 0 Å². The first kappa shape index (κ1) is 13.1. The third kappa shape index (κ3) is 3.51. The zero-order valence-corrected chi connectivity index (χ0v) is 10.1. The average molecular weight is 242 g/mol. The summed E-state index contributed by atoms with van der Waals surface area (Å²) in [6.45, 7) is 6.89. The molecule has 0 aliphatic carbocycles. The first-order chi connectivity index (χ1) is 7.85. The number of tetrazole rings is 1. The van der Waals surface area contributed by atoms with E-state index < -0.39 is 17.7 Å². The predicted molar refractivity (Wildman–Crippen MR) is 55.4 cm³/mol. The van der Waals surface area contributed by atoms with Gasteiger partial charge >= 0.3 is 12.1 Å². The molecule has 0 radical (unpaired) electrons. The molecule has 0 saturated carbocycles. The minimum atomic E-state index is -0.828. The number of ether oxygens (including phenoxy) is 2. The van der Waals surface area contributed by atoms with E-state index >= 15 is 0 Å². The molecule has 1 aromatic heterocycles. The van der Waals surface area contributed by atoms with E-state index in [1.165, 1.54) is 0 Å². The van der Waals surface area contributed by atoms with Crippen LogP contribution in [0.5, 0.6) is 0 Å². The van der Waals surface area contributed by atoms with Gasteiger partial charge in [0.05, 0.1) is 6.61 Å². The molecule has 17 heavy (non-hydrogen) atoms. The summed E-state index contributed by atoms with van der Waals surface area (Å²) >= 11 is 0. The van der Waals surface area contributed by atoms with Crippen LogP contribution in [0.25, 0.3) is 0 Å². The molecule has 0 unspecified atom stereocenters. The molecule has 1 rings (SSSR count). The van der Waals surface area contributed by atoms with Crippen LogP contribution < -0.4 is 0 Å². The topological polar surface area (TPSA) is 96.2 Å². The Bertz CT molecular complexity index is 421. The molecule has 0 aliphatic heterocycles. The van der Waals surface area contributed by atoms with E-state index in [4.69, 9.17) is 9.47 Å². The highest BCUT2D eigenvalue weighted by Crippen LogP contribution is 2.09. The van der Waals surface area contributed by atoms with Crippen LogP contribution in [-0.2, 0) is 9.47 Å². The fourth-order valence-corrected chi connectivity index (χ4v) is 0.938. The monoisotopic (exact) mass is 242 g/mol. The van der Waals surface area contributed by atoms with Gasteiger partial charge in [-0.1, -0.05) is 0 Å². The number of carbonyl (C=O) groups excluding carboxylic acids is 2. The van der Waals surface area contributed by atoms with E-state index in [1.807, 2.05) is 0 Å². The Balaban J connectivity index is 2.89. The van der Waals surface area contributed by atoms with Crippen LogP contribution in [0.3, 0.4) is 0 Å². The van der Waals surface area contributed by atoms with Gasteiger partial charge in [0.1, 0.15) is 5.60 Å². The van der Waals surface area contributed by atoms with E-state index in [1.54, 1.807) is 27.7 Å². The summed E-state index contributed by atoms with van der Waals surface area (Å²) < 4.78 is 10.4. The molecule has 0 aliphatic rings. The van der Waals surface area contributed by atoms with Gasteiger partial charge in [0.15, 0.2) is 0 Å². The van der Waals surface area contributed by atoms with Crippen molar-refractivity contribution in [1.29, 1.82) is 0 Å². The second-order valence-corrected chi connectivity index (χ2v) is 4.12. The van der Waals surface area contributed by atoms with Gasteiger partial charge in [-0.25, -0.2) is 9.59 Å². The smallest absolute Gasteiger partial charge is 0.438 e. The molecule has 0 amide bonds. The van der Waals surface area contributed by atoms with Gasteiger partial charge in [0, 0.05) is 0 Å². The number of hydrogen-bond acceptors (Lipinski definition) is 7. The number of esters is 1. The summed E-state index contributed by atoms with van der Waals surface area (Å²) in [5.74, 6) is -1.08. The van der Waals surface area contributed by atoms with Crippen LogP contribution in [0.15, 0.2) is 0 Å². The number of nitrogens with zero attached hydrogens (tertiary/aromatic N) is 4. The van der Waals surface area contributed by atoms with Crippen LogP contribution in [0.1, 0.15) is 38.3 Å². The van der Waals surface area contributed by atoms with Crippen molar-refractivity contribution in [1.82, 2.24) is 20.2 Å². The lowest BCUT2D eigenvalue weighted by Gasteiger charge is -2.18. The maximum Gasteiger partial charge on any atom is 0.438 e. The Morgan fingerprint density at radius 2 is 2.00 bits per heavy atom. The lowest BCUT2D eigenvalue weighted by Crippen LogP contribution is -2.30. The zero-order chi connectivity index (χ0) is 13.1. The van der Waals surface area contributed by atoms with Crippen molar-refractivity contribution in [2.45, 2.75) is 33.3 Å². The number of hydrogen-bond donors (Lipinski definition) is 0. The highest BCUT2D eigenvalue weighted by Gasteiger charge is 2.25. The van der Waals surface area contributed by atoms with Gasteiger partial charge in [0.2, 0.25) is 0 Å². The quantitative estimate of drug-likeness (QED) is 0.554. The van der Waals surface area contributed by atoms with Crippen molar-refractivity contribution in [3.63, 3.8) is 0 Å². The SMILES string of the molecule is CCOC(=O)c1nnnn1C(=O)OC(C)(C)C. The van der Waals surface area contributed by atoms with Crippen molar-refractivity contribution < 1.29 is 19.1 Å². The minimum absolute atomic E-state index is 0.167.